The summed E-state index contributed by atoms with van der Waals surface area (Å²) in [5.74, 6) is 0.380. The third-order valence-corrected chi connectivity index (χ3v) is 11.3. The number of carbonyl (C=O) groups is 4. The van der Waals surface area contributed by atoms with Crippen molar-refractivity contribution in [1.29, 1.82) is 0 Å². The number of aromatic amines is 2. The van der Waals surface area contributed by atoms with Crippen molar-refractivity contribution < 1.29 is 33.4 Å². The topological polar surface area (TPSA) is 171 Å². The van der Waals surface area contributed by atoms with E-state index in [0.717, 1.165) is 82.0 Å². The van der Waals surface area contributed by atoms with E-state index in [2.05, 4.69) is 74.1 Å². The van der Waals surface area contributed by atoms with Crippen LogP contribution < -0.4 is 10.6 Å². The number of nitrogens with one attached hydrogen (secondary N) is 4. The Balaban J connectivity index is 1.05. The summed E-state index contributed by atoms with van der Waals surface area (Å²) >= 11 is 0. The standard InChI is InChI=1S/C42H51N7O7/c1-6-31(45-41(52)54-4)39(50)49-20-8-10-34(49)38-43-21-32(44-38)27-15-11-25(12-16-27)26-13-17-28(18-14-26)36-29-22-56-23-30(29)37(46-36)33-9-7-19-48(33)40(51)35(24(2)3)47-42(53)55-5/h11-18,21,24,31,33-35,46H,6-10,19-20,22-23H2,1-5H3,(H,43,44)(H,45,52)(H,47,53)/t31-,33-,34-,35?/m0/s1. The SMILES string of the molecule is CC[C@H](NC(=O)OC)C(=O)N1CCC[C@H]1c1ncc(-c2ccc(-c3ccc(-c4[nH]c([C@@H]5CCCN5C(=O)C(NC(=O)OC)C(C)C)c5c4COC5)cc3)cc2)[nH]1. The van der Waals surface area contributed by atoms with Crippen LogP contribution in [0.4, 0.5) is 9.59 Å². The quantitative estimate of drug-likeness (QED) is 0.132. The zero-order chi connectivity index (χ0) is 39.5. The molecular formula is C42H51N7O7. The highest BCUT2D eigenvalue weighted by molar-refractivity contribution is 5.87. The number of carbonyl (C=O) groups excluding carboxylic acids is 4. The number of ether oxygens (including phenoxy) is 3. The first kappa shape index (κ1) is 38.6. The highest BCUT2D eigenvalue weighted by atomic mass is 16.5. The third-order valence-electron chi connectivity index (χ3n) is 11.3. The van der Waals surface area contributed by atoms with Crippen LogP contribution in [0.1, 0.15) is 87.6 Å². The van der Waals surface area contributed by atoms with Crippen LogP contribution in [-0.2, 0) is 37.0 Å². The van der Waals surface area contributed by atoms with Gasteiger partial charge >= 0.3 is 12.2 Å². The highest BCUT2D eigenvalue weighted by Crippen LogP contribution is 2.42. The van der Waals surface area contributed by atoms with E-state index in [-0.39, 0.29) is 29.8 Å². The van der Waals surface area contributed by atoms with Gasteiger partial charge in [-0.15, -0.1) is 0 Å². The summed E-state index contributed by atoms with van der Waals surface area (Å²) in [6, 6.07) is 15.1. The lowest BCUT2D eigenvalue weighted by Gasteiger charge is -2.31. The molecule has 4 amide bonds. The Hall–Kier alpha value is -5.63. The summed E-state index contributed by atoms with van der Waals surface area (Å²) in [6.45, 7) is 7.91. The maximum Gasteiger partial charge on any atom is 0.407 e. The van der Waals surface area contributed by atoms with Crippen molar-refractivity contribution in [2.75, 3.05) is 27.3 Å². The fourth-order valence-electron chi connectivity index (χ4n) is 8.30. The molecule has 4 N–H and O–H groups in total. The van der Waals surface area contributed by atoms with Gasteiger partial charge in [-0.2, -0.15) is 0 Å². The number of fused-ring (bicyclic) bond motifs is 1. The van der Waals surface area contributed by atoms with Crippen LogP contribution in [0.2, 0.25) is 0 Å². The number of hydrogen-bond acceptors (Lipinski definition) is 8. The number of nitrogens with zero attached hydrogens (tertiary/aromatic N) is 3. The molecule has 5 heterocycles. The number of hydrogen-bond donors (Lipinski definition) is 4. The van der Waals surface area contributed by atoms with E-state index in [4.69, 9.17) is 14.2 Å². The summed E-state index contributed by atoms with van der Waals surface area (Å²) in [6.07, 6.45) is 4.36. The molecule has 296 valence electrons. The summed E-state index contributed by atoms with van der Waals surface area (Å²) < 4.78 is 15.5. The molecule has 2 aromatic heterocycles. The molecule has 3 aliphatic rings. The maximum atomic E-state index is 13.8. The Morgan fingerprint density at radius 1 is 0.786 bits per heavy atom. The average Bonchev–Trinajstić information content (AvgIpc) is 4.07. The number of aromatic nitrogens is 3. The fourth-order valence-corrected chi connectivity index (χ4v) is 8.30. The van der Waals surface area contributed by atoms with E-state index in [0.29, 0.717) is 32.7 Å². The van der Waals surface area contributed by atoms with Gasteiger partial charge < -0.3 is 44.6 Å². The van der Waals surface area contributed by atoms with E-state index in [1.165, 1.54) is 14.2 Å². The summed E-state index contributed by atoms with van der Waals surface area (Å²) in [5.41, 5.74) is 9.27. The molecule has 3 aliphatic heterocycles. The number of amides is 4. The fraction of sp³-hybridized carbons (Fsp3) is 0.452. The van der Waals surface area contributed by atoms with Gasteiger partial charge in [0.1, 0.15) is 17.9 Å². The van der Waals surface area contributed by atoms with Crippen molar-refractivity contribution in [2.45, 2.75) is 90.3 Å². The molecule has 7 rings (SSSR count). The first-order valence-electron chi connectivity index (χ1n) is 19.5. The van der Waals surface area contributed by atoms with Crippen LogP contribution in [0.3, 0.4) is 0 Å². The molecule has 0 saturated carbocycles. The Morgan fingerprint density at radius 2 is 1.36 bits per heavy atom. The monoisotopic (exact) mass is 765 g/mol. The number of H-pyrrole nitrogens is 2. The zero-order valence-corrected chi connectivity index (χ0v) is 32.6. The molecule has 2 fully saturated rings. The normalized spacial score (nSPS) is 18.8. The van der Waals surface area contributed by atoms with Crippen LogP contribution in [-0.4, -0.2) is 88.1 Å². The number of imidazole rings is 1. The van der Waals surface area contributed by atoms with Gasteiger partial charge in [-0.05, 0) is 60.3 Å². The van der Waals surface area contributed by atoms with E-state index < -0.39 is 24.3 Å². The van der Waals surface area contributed by atoms with Crippen molar-refractivity contribution in [1.82, 2.24) is 35.4 Å². The van der Waals surface area contributed by atoms with E-state index in [1.807, 2.05) is 25.7 Å². The van der Waals surface area contributed by atoms with Crippen LogP contribution in [0.5, 0.6) is 0 Å². The second-order valence-corrected chi connectivity index (χ2v) is 15.0. The number of rotatable bonds is 11. The Labute approximate surface area is 326 Å². The number of alkyl carbamates (subject to hydrolysis) is 2. The van der Waals surface area contributed by atoms with Crippen LogP contribution in [0.15, 0.2) is 54.7 Å². The summed E-state index contributed by atoms with van der Waals surface area (Å²) in [4.78, 5) is 66.6. The number of likely N-dealkylation sites (tertiary alicyclic amines) is 2. The van der Waals surface area contributed by atoms with E-state index >= 15 is 0 Å². The molecule has 1 unspecified atom stereocenters. The summed E-state index contributed by atoms with van der Waals surface area (Å²) in [5, 5.41) is 5.39. The molecule has 4 aromatic rings. The highest BCUT2D eigenvalue weighted by Gasteiger charge is 2.40. The van der Waals surface area contributed by atoms with Crippen LogP contribution in [0.25, 0.3) is 33.6 Å². The van der Waals surface area contributed by atoms with Gasteiger partial charge in [-0.1, -0.05) is 69.3 Å². The second kappa shape index (κ2) is 16.6. The van der Waals surface area contributed by atoms with Crippen LogP contribution in [0, 0.1) is 5.92 Å². The van der Waals surface area contributed by atoms with Gasteiger partial charge in [0.25, 0.3) is 0 Å². The first-order chi connectivity index (χ1) is 27.1. The average molecular weight is 766 g/mol. The molecule has 56 heavy (non-hydrogen) atoms. The maximum absolute atomic E-state index is 13.8. The number of benzene rings is 2. The molecule has 14 nitrogen and oxygen atoms in total. The van der Waals surface area contributed by atoms with E-state index in [1.54, 1.807) is 11.1 Å². The van der Waals surface area contributed by atoms with Gasteiger partial charge in [-0.25, -0.2) is 14.6 Å². The molecule has 2 saturated heterocycles. The Bertz CT molecular complexity index is 2060. The summed E-state index contributed by atoms with van der Waals surface area (Å²) in [7, 11) is 2.59. The third kappa shape index (κ3) is 7.62. The molecule has 0 spiro atoms. The van der Waals surface area contributed by atoms with Crippen LogP contribution >= 0.6 is 0 Å². The molecule has 0 bridgehead atoms. The molecule has 0 radical (unpaired) electrons. The van der Waals surface area contributed by atoms with Gasteiger partial charge in [0.2, 0.25) is 11.8 Å². The predicted molar refractivity (Wildman–Crippen MR) is 209 cm³/mol. The Kier molecular flexibility index (Phi) is 11.5. The van der Waals surface area contributed by atoms with E-state index in [9.17, 15) is 19.2 Å². The van der Waals surface area contributed by atoms with Crippen molar-refractivity contribution in [3.05, 3.63) is 77.4 Å². The van der Waals surface area contributed by atoms with Crippen molar-refractivity contribution in [3.63, 3.8) is 0 Å². The minimum Gasteiger partial charge on any atom is -0.453 e. The molecule has 14 heteroatoms. The minimum atomic E-state index is -0.682. The van der Waals surface area contributed by atoms with Crippen molar-refractivity contribution in [2.24, 2.45) is 5.92 Å². The van der Waals surface area contributed by atoms with Gasteiger partial charge in [0, 0.05) is 29.9 Å². The first-order valence-corrected chi connectivity index (χ1v) is 19.5. The Morgan fingerprint density at radius 3 is 1.98 bits per heavy atom. The lowest BCUT2D eigenvalue weighted by Crippen LogP contribution is -2.51. The second-order valence-electron chi connectivity index (χ2n) is 15.0. The number of methoxy groups -OCH3 is 2. The van der Waals surface area contributed by atoms with Crippen molar-refractivity contribution in [3.8, 4) is 33.6 Å². The van der Waals surface area contributed by atoms with Gasteiger partial charge in [0.05, 0.1) is 57.1 Å². The molecule has 0 aliphatic carbocycles. The minimum absolute atomic E-state index is 0.102. The lowest BCUT2D eigenvalue weighted by atomic mass is 9.99. The molecular weight excluding hydrogens is 715 g/mol. The van der Waals surface area contributed by atoms with Gasteiger partial charge in [0.15, 0.2) is 0 Å². The molecule has 4 atom stereocenters. The molecule has 2 aromatic carbocycles. The largest absolute Gasteiger partial charge is 0.453 e. The zero-order valence-electron chi connectivity index (χ0n) is 32.6. The van der Waals surface area contributed by atoms with Crippen molar-refractivity contribution >= 4 is 24.0 Å². The van der Waals surface area contributed by atoms with Gasteiger partial charge in [-0.3, -0.25) is 9.59 Å². The lowest BCUT2D eigenvalue weighted by molar-refractivity contribution is -0.135. The smallest absolute Gasteiger partial charge is 0.407 e. The predicted octanol–water partition coefficient (Wildman–Crippen LogP) is 6.61.